The first-order valence-electron chi connectivity index (χ1n) is 10.9. The number of ether oxygens (including phenoxy) is 2. The topological polar surface area (TPSA) is 102 Å². The number of hydrogen-bond donors (Lipinski definition) is 1. The fourth-order valence-corrected chi connectivity index (χ4v) is 3.55. The number of hydrogen-bond acceptors (Lipinski definition) is 6. The van der Waals surface area contributed by atoms with Crippen LogP contribution in [0.3, 0.4) is 0 Å². The van der Waals surface area contributed by atoms with Gasteiger partial charge in [-0.25, -0.2) is 4.79 Å². The number of nitrogens with zero attached hydrogens (tertiary/aromatic N) is 1. The molecule has 0 unspecified atom stereocenters. The molecule has 1 atom stereocenters. The molecular formula is C25H28N2O6. The summed E-state index contributed by atoms with van der Waals surface area (Å²) in [5, 5.41) is 2.61. The monoisotopic (exact) mass is 452 g/mol. The summed E-state index contributed by atoms with van der Waals surface area (Å²) in [6.45, 7) is 5.92. The number of aryl methyl sites for hydroxylation is 1. The van der Waals surface area contributed by atoms with Crippen LogP contribution in [0.25, 0.3) is 0 Å². The van der Waals surface area contributed by atoms with Gasteiger partial charge in [-0.2, -0.15) is 0 Å². The number of anilines is 2. The van der Waals surface area contributed by atoms with Crippen LogP contribution in [-0.2, 0) is 23.9 Å². The van der Waals surface area contributed by atoms with Gasteiger partial charge in [0.05, 0.1) is 18.1 Å². The van der Waals surface area contributed by atoms with Gasteiger partial charge in [-0.3, -0.25) is 14.4 Å². The summed E-state index contributed by atoms with van der Waals surface area (Å²) in [4.78, 5) is 50.5. The molecule has 33 heavy (non-hydrogen) atoms. The average molecular weight is 453 g/mol. The lowest BCUT2D eigenvalue weighted by Gasteiger charge is -2.20. The highest BCUT2D eigenvalue weighted by atomic mass is 16.5. The summed E-state index contributed by atoms with van der Waals surface area (Å²) in [6, 6.07) is 11.9. The maximum atomic E-state index is 12.5. The van der Waals surface area contributed by atoms with E-state index in [-0.39, 0.29) is 18.9 Å². The normalized spacial score (nSPS) is 15.3. The molecule has 174 valence electrons. The van der Waals surface area contributed by atoms with Crippen LogP contribution in [0.4, 0.5) is 11.4 Å². The molecule has 1 aliphatic heterocycles. The molecule has 0 bridgehead atoms. The van der Waals surface area contributed by atoms with Crippen molar-refractivity contribution in [2.24, 2.45) is 5.92 Å². The van der Waals surface area contributed by atoms with Crippen LogP contribution >= 0.6 is 0 Å². The molecule has 0 aliphatic carbocycles. The second-order valence-electron chi connectivity index (χ2n) is 7.99. The maximum absolute atomic E-state index is 12.5. The highest BCUT2D eigenvalue weighted by Crippen LogP contribution is 2.29. The van der Waals surface area contributed by atoms with E-state index in [1.165, 1.54) is 0 Å². The minimum Gasteiger partial charge on any atom is -0.462 e. The lowest BCUT2D eigenvalue weighted by atomic mass is 10.1. The molecule has 2 aromatic rings. The third kappa shape index (κ3) is 5.97. The molecule has 2 aromatic carbocycles. The van der Waals surface area contributed by atoms with E-state index in [1.807, 2.05) is 39.0 Å². The van der Waals surface area contributed by atoms with Gasteiger partial charge in [0.2, 0.25) is 5.91 Å². The number of rotatable bonds is 8. The zero-order valence-electron chi connectivity index (χ0n) is 19.1. The van der Waals surface area contributed by atoms with Gasteiger partial charge in [-0.05, 0) is 61.7 Å². The summed E-state index contributed by atoms with van der Waals surface area (Å²) in [5.74, 6) is -2.29. The molecule has 1 heterocycles. The fraction of sp³-hybridized carbons (Fsp3) is 0.360. The first-order valence-corrected chi connectivity index (χ1v) is 10.9. The van der Waals surface area contributed by atoms with Crippen LogP contribution in [0.1, 0.15) is 41.3 Å². The van der Waals surface area contributed by atoms with Gasteiger partial charge in [0.25, 0.3) is 5.91 Å². The van der Waals surface area contributed by atoms with Gasteiger partial charge in [-0.1, -0.05) is 19.1 Å². The zero-order valence-corrected chi connectivity index (χ0v) is 19.1. The van der Waals surface area contributed by atoms with E-state index in [1.54, 1.807) is 29.2 Å². The standard InChI is InChI=1S/C25H28N2O6/c1-4-12-32-24(30)18-8-10-20(11-9-18)26-22(28)15-33-25(31)19-13-23(29)27(14-19)21-7-5-6-16(2)17(21)3/h5-11,19H,4,12-15H2,1-3H3,(H,26,28)/t19-/m1/s1. The Bertz CT molecular complexity index is 1050. The van der Waals surface area contributed by atoms with Crippen LogP contribution < -0.4 is 10.2 Å². The van der Waals surface area contributed by atoms with Crippen molar-refractivity contribution < 1.29 is 28.7 Å². The Hall–Kier alpha value is -3.68. The molecule has 0 aromatic heterocycles. The van der Waals surface area contributed by atoms with E-state index < -0.39 is 30.4 Å². The van der Waals surface area contributed by atoms with Crippen LogP contribution in [-0.4, -0.2) is 43.5 Å². The van der Waals surface area contributed by atoms with Crippen molar-refractivity contribution >= 4 is 35.1 Å². The molecule has 0 saturated carbocycles. The molecule has 1 saturated heterocycles. The predicted molar refractivity (Wildman–Crippen MR) is 123 cm³/mol. The van der Waals surface area contributed by atoms with Gasteiger partial charge >= 0.3 is 11.9 Å². The summed E-state index contributed by atoms with van der Waals surface area (Å²) >= 11 is 0. The minimum absolute atomic E-state index is 0.0451. The van der Waals surface area contributed by atoms with Crippen molar-refractivity contribution in [2.45, 2.75) is 33.6 Å². The van der Waals surface area contributed by atoms with E-state index in [0.29, 0.717) is 17.9 Å². The molecule has 8 nitrogen and oxygen atoms in total. The molecular weight excluding hydrogens is 424 g/mol. The van der Waals surface area contributed by atoms with E-state index >= 15 is 0 Å². The Morgan fingerprint density at radius 1 is 1.06 bits per heavy atom. The lowest BCUT2D eigenvalue weighted by molar-refractivity contribution is -0.151. The second-order valence-corrected chi connectivity index (χ2v) is 7.99. The lowest BCUT2D eigenvalue weighted by Crippen LogP contribution is -2.28. The van der Waals surface area contributed by atoms with Gasteiger partial charge < -0.3 is 19.7 Å². The smallest absolute Gasteiger partial charge is 0.338 e. The first-order chi connectivity index (χ1) is 15.8. The molecule has 1 fully saturated rings. The molecule has 8 heteroatoms. The maximum Gasteiger partial charge on any atom is 0.338 e. The number of nitrogens with one attached hydrogen (secondary N) is 1. The molecule has 1 N–H and O–H groups in total. The summed E-state index contributed by atoms with van der Waals surface area (Å²) in [5.41, 5.74) is 3.68. The number of carbonyl (C=O) groups is 4. The second kappa shape index (κ2) is 10.8. The van der Waals surface area contributed by atoms with Crippen LogP contribution in [0.15, 0.2) is 42.5 Å². The number of esters is 2. The Morgan fingerprint density at radius 2 is 1.79 bits per heavy atom. The number of benzene rings is 2. The Kier molecular flexibility index (Phi) is 7.82. The van der Waals surface area contributed by atoms with Crippen molar-refractivity contribution in [3.8, 4) is 0 Å². The SMILES string of the molecule is CCCOC(=O)c1ccc(NC(=O)COC(=O)[C@@H]2CC(=O)N(c3cccc(C)c3C)C2)cc1. The fourth-order valence-electron chi connectivity index (χ4n) is 3.55. The van der Waals surface area contributed by atoms with Crippen LogP contribution in [0.5, 0.6) is 0 Å². The zero-order chi connectivity index (χ0) is 24.0. The summed E-state index contributed by atoms with van der Waals surface area (Å²) < 4.78 is 10.2. The largest absolute Gasteiger partial charge is 0.462 e. The quantitative estimate of drug-likeness (QED) is 0.616. The minimum atomic E-state index is -0.626. The van der Waals surface area contributed by atoms with Gasteiger partial charge in [0.15, 0.2) is 6.61 Å². The Balaban J connectivity index is 1.49. The highest BCUT2D eigenvalue weighted by molar-refractivity contribution is 6.00. The number of carbonyl (C=O) groups excluding carboxylic acids is 4. The molecule has 0 radical (unpaired) electrons. The van der Waals surface area contributed by atoms with E-state index in [9.17, 15) is 19.2 Å². The van der Waals surface area contributed by atoms with Gasteiger partial charge in [0.1, 0.15) is 0 Å². The van der Waals surface area contributed by atoms with Crippen molar-refractivity contribution in [1.29, 1.82) is 0 Å². The van der Waals surface area contributed by atoms with Crippen molar-refractivity contribution in [2.75, 3.05) is 30.0 Å². The molecule has 1 aliphatic rings. The highest BCUT2D eigenvalue weighted by Gasteiger charge is 2.37. The summed E-state index contributed by atoms with van der Waals surface area (Å²) in [6.07, 6.45) is 0.778. The first kappa shape index (κ1) is 24.0. The van der Waals surface area contributed by atoms with Crippen molar-refractivity contribution in [3.05, 3.63) is 59.2 Å². The molecule has 3 rings (SSSR count). The van der Waals surface area contributed by atoms with Gasteiger partial charge in [-0.15, -0.1) is 0 Å². The summed E-state index contributed by atoms with van der Waals surface area (Å²) in [7, 11) is 0. The third-order valence-corrected chi connectivity index (χ3v) is 5.51. The number of amides is 2. The predicted octanol–water partition coefficient (Wildman–Crippen LogP) is 3.41. The Labute approximate surface area is 192 Å². The molecule has 2 amide bonds. The average Bonchev–Trinajstić information content (AvgIpc) is 3.19. The molecule has 0 spiro atoms. The Morgan fingerprint density at radius 3 is 2.48 bits per heavy atom. The van der Waals surface area contributed by atoms with E-state index in [2.05, 4.69) is 5.32 Å². The van der Waals surface area contributed by atoms with Crippen LogP contribution in [0, 0.1) is 19.8 Å². The van der Waals surface area contributed by atoms with Crippen LogP contribution in [0.2, 0.25) is 0 Å². The van der Waals surface area contributed by atoms with Crippen molar-refractivity contribution in [1.82, 2.24) is 0 Å². The van der Waals surface area contributed by atoms with E-state index in [4.69, 9.17) is 9.47 Å². The van der Waals surface area contributed by atoms with Crippen molar-refractivity contribution in [3.63, 3.8) is 0 Å². The van der Waals surface area contributed by atoms with Gasteiger partial charge in [0, 0.05) is 24.3 Å². The third-order valence-electron chi connectivity index (χ3n) is 5.51. The van der Waals surface area contributed by atoms with E-state index in [0.717, 1.165) is 23.2 Å².